The number of rotatable bonds is 7. The average Bonchev–Trinajstić information content (AvgIpc) is 3.73. The molecule has 3 atom stereocenters. The Hall–Kier alpha value is -3.59. The van der Waals surface area contributed by atoms with Crippen molar-refractivity contribution in [2.45, 2.75) is 45.3 Å². The molecule has 1 heterocycles. The lowest BCUT2D eigenvalue weighted by Gasteiger charge is -2.34. The van der Waals surface area contributed by atoms with Gasteiger partial charge in [0.15, 0.2) is 0 Å². The zero-order valence-corrected chi connectivity index (χ0v) is 21.6. The van der Waals surface area contributed by atoms with E-state index in [1.807, 2.05) is 44.2 Å². The monoisotopic (exact) mass is 508 g/mol. The van der Waals surface area contributed by atoms with Crippen LogP contribution >= 0.6 is 0 Å². The van der Waals surface area contributed by atoms with Gasteiger partial charge in [0.05, 0.1) is 25.6 Å². The van der Waals surface area contributed by atoms with Crippen LogP contribution < -0.4 is 15.4 Å². The number of urea groups is 1. The number of hydrogen-bond acceptors (Lipinski definition) is 5. The van der Waals surface area contributed by atoms with Gasteiger partial charge in [0.2, 0.25) is 11.8 Å². The first-order valence-corrected chi connectivity index (χ1v) is 12.8. The van der Waals surface area contributed by atoms with Crippen molar-refractivity contribution in [3.63, 3.8) is 0 Å². The highest BCUT2D eigenvalue weighted by Crippen LogP contribution is 2.32. The Balaban J connectivity index is 1.57. The summed E-state index contributed by atoms with van der Waals surface area (Å²) in [7, 11) is 1.71. The third-order valence-electron chi connectivity index (χ3n) is 6.96. The van der Waals surface area contributed by atoms with Crippen LogP contribution in [-0.2, 0) is 16.0 Å². The smallest absolute Gasteiger partial charge is 0.321 e. The first kappa shape index (κ1) is 26.5. The van der Waals surface area contributed by atoms with E-state index in [-0.39, 0.29) is 55.3 Å². The van der Waals surface area contributed by atoms with Gasteiger partial charge in [-0.2, -0.15) is 0 Å². The second kappa shape index (κ2) is 11.6. The Labute approximate surface area is 217 Å². The van der Waals surface area contributed by atoms with Crippen molar-refractivity contribution < 1.29 is 24.2 Å². The fourth-order valence-electron chi connectivity index (χ4n) is 4.41. The van der Waals surface area contributed by atoms with Gasteiger partial charge in [0.1, 0.15) is 11.9 Å². The van der Waals surface area contributed by atoms with Gasteiger partial charge in [-0.25, -0.2) is 4.79 Å². The van der Waals surface area contributed by atoms with E-state index in [9.17, 15) is 19.5 Å². The van der Waals surface area contributed by atoms with E-state index in [4.69, 9.17) is 4.74 Å². The van der Waals surface area contributed by atoms with Gasteiger partial charge >= 0.3 is 6.03 Å². The maximum atomic E-state index is 13.3. The van der Waals surface area contributed by atoms with Crippen LogP contribution in [0.25, 0.3) is 0 Å². The first-order chi connectivity index (χ1) is 17.7. The zero-order chi connectivity index (χ0) is 26.5. The number of ether oxygens (including phenoxy) is 1. The fraction of sp³-hybridized carbons (Fsp3) is 0.464. The van der Waals surface area contributed by atoms with Gasteiger partial charge in [-0.3, -0.25) is 9.59 Å². The Morgan fingerprint density at radius 1 is 1.14 bits per heavy atom. The number of carbonyl (C=O) groups excluding carboxylic acids is 3. The number of aliphatic hydroxyl groups excluding tert-OH is 1. The highest BCUT2D eigenvalue weighted by Gasteiger charge is 2.33. The molecule has 2 aromatic carbocycles. The van der Waals surface area contributed by atoms with Gasteiger partial charge in [0, 0.05) is 42.4 Å². The normalized spacial score (nSPS) is 20.4. The van der Waals surface area contributed by atoms with Gasteiger partial charge in [-0.1, -0.05) is 25.1 Å². The van der Waals surface area contributed by atoms with Gasteiger partial charge in [-0.05, 0) is 50.1 Å². The molecule has 2 aliphatic rings. The quantitative estimate of drug-likeness (QED) is 0.531. The van der Waals surface area contributed by atoms with Crippen molar-refractivity contribution >= 4 is 29.2 Å². The minimum Gasteiger partial charge on any atom is -0.488 e. The van der Waals surface area contributed by atoms with Crippen molar-refractivity contribution in [2.75, 3.05) is 37.4 Å². The fourth-order valence-corrected chi connectivity index (χ4v) is 4.41. The largest absolute Gasteiger partial charge is 0.488 e. The lowest BCUT2D eigenvalue weighted by molar-refractivity contribution is -0.134. The van der Waals surface area contributed by atoms with E-state index >= 15 is 0 Å². The molecule has 9 nitrogen and oxygen atoms in total. The lowest BCUT2D eigenvalue weighted by atomic mass is 10.0. The minimum atomic E-state index is -0.420. The highest BCUT2D eigenvalue weighted by molar-refractivity contribution is 5.94. The molecule has 0 saturated heterocycles. The second-order valence-corrected chi connectivity index (χ2v) is 10.2. The Morgan fingerprint density at radius 2 is 1.86 bits per heavy atom. The summed E-state index contributed by atoms with van der Waals surface area (Å²) in [5.41, 5.74) is 1.98. The third-order valence-corrected chi connectivity index (χ3v) is 6.96. The summed E-state index contributed by atoms with van der Waals surface area (Å²) in [6, 6.07) is 13.9. The highest BCUT2D eigenvalue weighted by atomic mass is 16.5. The summed E-state index contributed by atoms with van der Waals surface area (Å²) >= 11 is 0. The molecule has 0 unspecified atom stereocenters. The van der Waals surface area contributed by atoms with E-state index in [2.05, 4.69) is 10.6 Å². The van der Waals surface area contributed by atoms with Crippen molar-refractivity contribution in [3.8, 4) is 5.75 Å². The van der Waals surface area contributed by atoms with Crippen LogP contribution in [0, 0.1) is 11.8 Å². The predicted octanol–water partition coefficient (Wildman–Crippen LogP) is 3.35. The number of para-hydroxylation sites is 1. The third kappa shape index (κ3) is 6.80. The number of fused-ring (bicyclic) bond motifs is 1. The zero-order valence-electron chi connectivity index (χ0n) is 21.6. The number of nitrogens with one attached hydrogen (secondary N) is 2. The van der Waals surface area contributed by atoms with Crippen LogP contribution in [-0.4, -0.2) is 71.6 Å². The van der Waals surface area contributed by atoms with Crippen LogP contribution in [0.1, 0.15) is 32.3 Å². The molecular formula is C28H36N4O5. The van der Waals surface area contributed by atoms with Crippen molar-refractivity contribution in [2.24, 2.45) is 11.8 Å². The minimum absolute atomic E-state index is 0.0108. The molecule has 1 aliphatic heterocycles. The molecule has 1 fully saturated rings. The molecular weight excluding hydrogens is 472 g/mol. The predicted molar refractivity (Wildman–Crippen MR) is 141 cm³/mol. The molecule has 198 valence electrons. The Morgan fingerprint density at radius 3 is 2.54 bits per heavy atom. The van der Waals surface area contributed by atoms with E-state index in [0.29, 0.717) is 29.2 Å². The summed E-state index contributed by atoms with van der Waals surface area (Å²) in [5.74, 6) is 0.338. The molecule has 2 aromatic rings. The number of amides is 4. The SMILES string of the molecule is C[C@@H]1CN([C@H](C)CO)C(=O)Cc2cc(NC(=O)C3CC3)ccc2O[C@H]1CN(C)C(=O)Nc1ccccc1. The molecule has 37 heavy (non-hydrogen) atoms. The summed E-state index contributed by atoms with van der Waals surface area (Å²) < 4.78 is 6.45. The van der Waals surface area contributed by atoms with Crippen molar-refractivity contribution in [3.05, 3.63) is 54.1 Å². The molecule has 0 bridgehead atoms. The van der Waals surface area contributed by atoms with Gasteiger partial charge < -0.3 is 30.3 Å². The molecule has 4 rings (SSSR count). The van der Waals surface area contributed by atoms with Crippen LogP contribution in [0.2, 0.25) is 0 Å². The van der Waals surface area contributed by atoms with Crippen LogP contribution in [0.3, 0.4) is 0 Å². The van der Waals surface area contributed by atoms with E-state index in [1.54, 1.807) is 35.0 Å². The standard InChI is InChI=1S/C28H36N4O5/c1-18-15-32(19(2)17-33)26(34)14-21-13-23(29-27(35)20-9-10-20)11-12-24(21)37-25(18)16-31(3)28(36)30-22-7-5-4-6-8-22/h4-8,11-13,18-20,25,33H,9-10,14-17H2,1-3H3,(H,29,35)(H,30,36)/t18-,19-,25+/m1/s1. The molecule has 9 heteroatoms. The van der Waals surface area contributed by atoms with Crippen LogP contribution in [0.15, 0.2) is 48.5 Å². The molecule has 1 aliphatic carbocycles. The average molecular weight is 509 g/mol. The first-order valence-electron chi connectivity index (χ1n) is 12.8. The van der Waals surface area contributed by atoms with E-state index in [1.165, 1.54) is 0 Å². The molecule has 1 saturated carbocycles. The summed E-state index contributed by atoms with van der Waals surface area (Å²) in [5, 5.41) is 15.6. The number of hydrogen-bond donors (Lipinski definition) is 3. The number of nitrogens with zero attached hydrogens (tertiary/aromatic N) is 2. The summed E-state index contributed by atoms with van der Waals surface area (Å²) in [6.07, 6.45) is 1.46. The Bertz CT molecular complexity index is 1120. The van der Waals surface area contributed by atoms with Crippen molar-refractivity contribution in [1.29, 1.82) is 0 Å². The maximum Gasteiger partial charge on any atom is 0.321 e. The topological polar surface area (TPSA) is 111 Å². The van der Waals surface area contributed by atoms with Gasteiger partial charge in [0.25, 0.3) is 0 Å². The van der Waals surface area contributed by atoms with Crippen LogP contribution in [0.5, 0.6) is 5.75 Å². The molecule has 0 radical (unpaired) electrons. The summed E-state index contributed by atoms with van der Waals surface area (Å²) in [4.78, 5) is 41.7. The molecule has 4 amide bonds. The van der Waals surface area contributed by atoms with Crippen molar-refractivity contribution in [1.82, 2.24) is 9.80 Å². The maximum absolute atomic E-state index is 13.3. The molecule has 3 N–H and O–H groups in total. The number of anilines is 2. The van der Waals surface area contributed by atoms with E-state index in [0.717, 1.165) is 12.8 Å². The lowest BCUT2D eigenvalue weighted by Crippen LogP contribution is -2.48. The number of aliphatic hydroxyl groups is 1. The summed E-state index contributed by atoms with van der Waals surface area (Å²) in [6.45, 7) is 4.29. The van der Waals surface area contributed by atoms with Crippen LogP contribution in [0.4, 0.5) is 16.2 Å². The van der Waals surface area contributed by atoms with E-state index < -0.39 is 6.10 Å². The molecule has 0 spiro atoms. The van der Waals surface area contributed by atoms with Gasteiger partial charge in [-0.15, -0.1) is 0 Å². The number of likely N-dealkylation sites (N-methyl/N-ethyl adjacent to an activating group) is 1. The number of carbonyl (C=O) groups is 3. The number of benzene rings is 2. The second-order valence-electron chi connectivity index (χ2n) is 10.2. The molecule has 0 aromatic heterocycles. The Kier molecular flexibility index (Phi) is 8.33.